The quantitative estimate of drug-likeness (QED) is 0.317. The van der Waals surface area contributed by atoms with Gasteiger partial charge in [-0.15, -0.1) is 0 Å². The lowest BCUT2D eigenvalue weighted by molar-refractivity contribution is -0.163. The van der Waals surface area contributed by atoms with Crippen molar-refractivity contribution in [1.29, 1.82) is 0 Å². The third-order valence-corrected chi connectivity index (χ3v) is 7.58. The van der Waals surface area contributed by atoms with Crippen LogP contribution in [0.5, 0.6) is 0 Å². The maximum Gasteiger partial charge on any atom is 0.323 e. The first-order valence-electron chi connectivity index (χ1n) is 6.69. The van der Waals surface area contributed by atoms with Crippen molar-refractivity contribution in [3.63, 3.8) is 0 Å². The fourth-order valence-corrected chi connectivity index (χ4v) is 2.73. The lowest BCUT2D eigenvalue weighted by Gasteiger charge is -2.34. The molecule has 2 rings (SSSR count). The lowest BCUT2D eigenvalue weighted by Crippen LogP contribution is -2.40. The van der Waals surface area contributed by atoms with Gasteiger partial charge < -0.3 is 9.15 Å². The van der Waals surface area contributed by atoms with Crippen LogP contribution in [0.4, 0.5) is 0 Å². The highest BCUT2D eigenvalue weighted by Gasteiger charge is 2.41. The number of fused-ring (bicyclic) bond motifs is 2. The molecule has 0 aliphatic rings. The van der Waals surface area contributed by atoms with Gasteiger partial charge in [0.05, 0.1) is 0 Å². The Kier molecular flexibility index (Phi) is 4.88. The predicted octanol–water partition coefficient (Wildman–Crippen LogP) is 5.06. The van der Waals surface area contributed by atoms with E-state index in [0.717, 1.165) is 34.0 Å². The summed E-state index contributed by atoms with van der Waals surface area (Å²) in [4.78, 5) is 12.5. The molecule has 0 aliphatic heterocycles. The zero-order valence-electron chi connectivity index (χ0n) is 11.8. The van der Waals surface area contributed by atoms with Gasteiger partial charge in [0, 0.05) is 9.99 Å². The molecule has 2 aromatic rings. The molecule has 2 heterocycles. The molecule has 2 bridgehead atoms. The number of benzene rings is 1. The maximum absolute atomic E-state index is 12.5. The van der Waals surface area contributed by atoms with Crippen LogP contribution in [0.1, 0.15) is 39.2 Å². The van der Waals surface area contributed by atoms with Crippen LogP contribution in [0.15, 0.2) is 22.6 Å². The summed E-state index contributed by atoms with van der Waals surface area (Å²) in [7, 11) is 0. The van der Waals surface area contributed by atoms with Gasteiger partial charge in [-0.05, 0) is 38.0 Å². The molecule has 0 saturated carbocycles. The van der Waals surface area contributed by atoms with Gasteiger partial charge in [0.1, 0.15) is 20.2 Å². The molecular weight excluding hydrogens is 482 g/mol. The van der Waals surface area contributed by atoms with E-state index in [1.165, 1.54) is 0 Å². The van der Waals surface area contributed by atoms with Crippen LogP contribution in [0.2, 0.25) is 0 Å². The summed E-state index contributed by atoms with van der Waals surface area (Å²) in [6, 6.07) is 5.87. The molecule has 0 N–H and O–H groups in total. The predicted molar refractivity (Wildman–Crippen MR) is 97.1 cm³/mol. The highest BCUT2D eigenvalue weighted by atomic mass is 127. The first kappa shape index (κ1) is 16.3. The second kappa shape index (κ2) is 5.98. The van der Waals surface area contributed by atoms with E-state index < -0.39 is 9.02 Å². The van der Waals surface area contributed by atoms with Crippen molar-refractivity contribution in [2.24, 2.45) is 0 Å². The van der Waals surface area contributed by atoms with E-state index in [0.29, 0.717) is 0 Å². The molecule has 3 nitrogen and oxygen atoms in total. The second-order valence-electron chi connectivity index (χ2n) is 5.18. The number of halogens is 2. The van der Waals surface area contributed by atoms with Crippen LogP contribution >= 0.6 is 45.2 Å². The van der Waals surface area contributed by atoms with E-state index in [1.54, 1.807) is 0 Å². The molecule has 5 heteroatoms. The number of carbonyl (C=O) groups is 1. The molecular formula is C15H18I2O3. The van der Waals surface area contributed by atoms with Gasteiger partial charge in [0.2, 0.25) is 0 Å². The zero-order chi connectivity index (χ0) is 15.0. The van der Waals surface area contributed by atoms with Crippen molar-refractivity contribution in [2.75, 3.05) is 4.43 Å². The minimum atomic E-state index is -0.586. The summed E-state index contributed by atoms with van der Waals surface area (Å²) >= 11 is 4.39. The molecule has 110 valence electrons. The number of rotatable bonds is 6. The van der Waals surface area contributed by atoms with Crippen molar-refractivity contribution in [2.45, 2.75) is 42.6 Å². The monoisotopic (exact) mass is 500 g/mol. The van der Waals surface area contributed by atoms with E-state index in [1.807, 2.05) is 39.0 Å². The van der Waals surface area contributed by atoms with E-state index >= 15 is 0 Å². The molecule has 0 spiro atoms. The maximum atomic E-state index is 12.5. The lowest BCUT2D eigenvalue weighted by atomic mass is 9.88. The van der Waals surface area contributed by atoms with Gasteiger partial charge in [0.25, 0.3) is 0 Å². The summed E-state index contributed by atoms with van der Waals surface area (Å²) in [5.41, 5.74) is 2.07. The van der Waals surface area contributed by atoms with E-state index in [4.69, 9.17) is 9.15 Å². The third kappa shape index (κ3) is 2.80. The number of hydrogen-bond acceptors (Lipinski definition) is 3. The average Bonchev–Trinajstić information content (AvgIpc) is 3.07. The van der Waals surface area contributed by atoms with Crippen molar-refractivity contribution in [3.05, 3.63) is 23.8 Å². The molecule has 0 fully saturated rings. The molecule has 2 aromatic heterocycles. The summed E-state index contributed by atoms with van der Waals surface area (Å²) in [5.74, 6) is -0.158. The van der Waals surface area contributed by atoms with Crippen molar-refractivity contribution in [1.82, 2.24) is 0 Å². The summed E-state index contributed by atoms with van der Waals surface area (Å²) in [6.45, 7) is 6.01. The minimum Gasteiger partial charge on any atom is -0.457 e. The highest BCUT2D eigenvalue weighted by molar-refractivity contribution is 14.1. The normalized spacial score (nSPS) is 15.4. The molecule has 0 aliphatic carbocycles. The highest BCUT2D eigenvalue weighted by Crippen LogP contribution is 2.41. The van der Waals surface area contributed by atoms with Gasteiger partial charge in [-0.2, -0.15) is 0 Å². The third-order valence-electron chi connectivity index (χ3n) is 3.78. The van der Waals surface area contributed by atoms with Crippen molar-refractivity contribution >= 4 is 62.3 Å². The number of hydrogen-bond donors (Lipinski definition) is 0. The van der Waals surface area contributed by atoms with Gasteiger partial charge >= 0.3 is 5.97 Å². The fraction of sp³-hybridized carbons (Fsp3) is 0.533. The largest absolute Gasteiger partial charge is 0.457 e. The van der Waals surface area contributed by atoms with Crippen molar-refractivity contribution < 1.29 is 13.9 Å². The number of carbonyl (C=O) groups excluding carboxylic acids is 1. The Hall–Kier alpha value is -0.0500. The number of ether oxygens (including phenoxy) is 1. The molecule has 0 aromatic carbocycles. The van der Waals surface area contributed by atoms with Crippen LogP contribution in [-0.2, 0) is 15.1 Å². The molecule has 1 unspecified atom stereocenters. The van der Waals surface area contributed by atoms with Crippen LogP contribution in [-0.4, -0.2) is 13.8 Å². The summed E-state index contributed by atoms with van der Waals surface area (Å²) in [6.07, 6.45) is 1.48. The Morgan fingerprint density at radius 3 is 2.40 bits per heavy atom. The molecule has 0 radical (unpaired) electrons. The number of alkyl halides is 2. The molecule has 1 atom stereocenters. The topological polar surface area (TPSA) is 39.4 Å². The van der Waals surface area contributed by atoms with E-state index in [9.17, 15) is 4.79 Å². The number of esters is 1. The Bertz CT molecular complexity index is 584. The summed E-state index contributed by atoms with van der Waals surface area (Å²) < 4.78 is 11.8. The average molecular weight is 500 g/mol. The molecule has 0 amide bonds. The van der Waals surface area contributed by atoms with Gasteiger partial charge in [-0.25, -0.2) is 0 Å². The van der Waals surface area contributed by atoms with E-state index in [-0.39, 0.29) is 5.97 Å². The summed E-state index contributed by atoms with van der Waals surface area (Å²) in [5, 5.41) is 0. The van der Waals surface area contributed by atoms with E-state index in [2.05, 4.69) is 45.2 Å². The Morgan fingerprint density at radius 1 is 1.35 bits per heavy atom. The first-order valence-corrected chi connectivity index (χ1v) is 9.29. The second-order valence-corrected chi connectivity index (χ2v) is 8.33. The van der Waals surface area contributed by atoms with Gasteiger partial charge in [-0.3, -0.25) is 4.79 Å². The van der Waals surface area contributed by atoms with Crippen LogP contribution in [0.3, 0.4) is 0 Å². The Balaban J connectivity index is 2.35. The Labute approximate surface area is 146 Å². The fourth-order valence-electron chi connectivity index (χ4n) is 2.31. The van der Waals surface area contributed by atoms with Crippen LogP contribution < -0.4 is 0 Å². The van der Waals surface area contributed by atoms with Gasteiger partial charge in [0.15, 0.2) is 0 Å². The standard InChI is InChI=1S/C15H18I2O3/c1-4-15(5-2,20-13(18)14(3,17)9-16)11-8-10-6-7-12(11)19-10/h6-8H,4-5,9H2,1-3H3. The Morgan fingerprint density at radius 2 is 2.00 bits per heavy atom. The molecule has 0 saturated heterocycles. The smallest absolute Gasteiger partial charge is 0.323 e. The minimum absolute atomic E-state index is 0.158. The van der Waals surface area contributed by atoms with Crippen molar-refractivity contribution in [3.8, 4) is 0 Å². The van der Waals surface area contributed by atoms with Crippen LogP contribution in [0, 0.1) is 0 Å². The molecule has 20 heavy (non-hydrogen) atoms. The zero-order valence-corrected chi connectivity index (χ0v) is 16.1. The first-order chi connectivity index (χ1) is 9.38. The SMILES string of the molecule is CCC(CC)(OC(=O)C(C)(I)CI)c1cc2ccc1o2. The van der Waals surface area contributed by atoms with Crippen LogP contribution in [0.25, 0.3) is 11.2 Å². The van der Waals surface area contributed by atoms with Gasteiger partial charge in [-0.1, -0.05) is 59.0 Å². The number of furan rings is 2.